The fourth-order valence-corrected chi connectivity index (χ4v) is 1.95. The summed E-state index contributed by atoms with van der Waals surface area (Å²) >= 11 is 3.31. The summed E-state index contributed by atoms with van der Waals surface area (Å²) in [5, 5.41) is 2.84. The topological polar surface area (TPSA) is 32.3 Å². The number of carbonyl (C=O) groups is 1. The van der Waals surface area contributed by atoms with Crippen LogP contribution in [0.15, 0.2) is 35.3 Å². The monoisotopic (exact) mass is 266 g/mol. The SMILES string of the molecule is C=C(Br)CN1CC(=O)Nc2ccccc21. The molecule has 3 nitrogen and oxygen atoms in total. The summed E-state index contributed by atoms with van der Waals surface area (Å²) < 4.78 is 0.868. The molecule has 1 aromatic rings. The maximum absolute atomic E-state index is 11.4. The van der Waals surface area contributed by atoms with Gasteiger partial charge in [-0.3, -0.25) is 4.79 Å². The van der Waals surface area contributed by atoms with Gasteiger partial charge in [0.1, 0.15) is 0 Å². The van der Waals surface area contributed by atoms with Crippen LogP contribution >= 0.6 is 15.9 Å². The van der Waals surface area contributed by atoms with Crippen LogP contribution < -0.4 is 10.2 Å². The zero-order valence-corrected chi connectivity index (χ0v) is 9.75. The number of amides is 1. The number of rotatable bonds is 2. The second-order valence-electron chi connectivity index (χ2n) is 3.44. The van der Waals surface area contributed by atoms with Crippen LogP contribution in [0.25, 0.3) is 0 Å². The van der Waals surface area contributed by atoms with E-state index in [-0.39, 0.29) is 5.91 Å². The van der Waals surface area contributed by atoms with Gasteiger partial charge >= 0.3 is 0 Å². The number of hydrogen-bond donors (Lipinski definition) is 1. The van der Waals surface area contributed by atoms with Crippen LogP contribution in [0.3, 0.4) is 0 Å². The van der Waals surface area contributed by atoms with Crippen LogP contribution in [0.1, 0.15) is 0 Å². The lowest BCUT2D eigenvalue weighted by Crippen LogP contribution is -2.38. The zero-order valence-electron chi connectivity index (χ0n) is 8.16. The summed E-state index contributed by atoms with van der Waals surface area (Å²) in [6.45, 7) is 4.81. The van der Waals surface area contributed by atoms with Gasteiger partial charge in [0.15, 0.2) is 0 Å². The van der Waals surface area contributed by atoms with Crippen molar-refractivity contribution in [2.24, 2.45) is 0 Å². The predicted octanol–water partition coefficient (Wildman–Crippen LogP) is 2.35. The second kappa shape index (κ2) is 4.06. The Morgan fingerprint density at radius 2 is 2.27 bits per heavy atom. The largest absolute Gasteiger partial charge is 0.356 e. The van der Waals surface area contributed by atoms with Crippen molar-refractivity contribution in [2.75, 3.05) is 23.3 Å². The molecule has 0 bridgehead atoms. The number of benzene rings is 1. The Kier molecular flexibility index (Phi) is 2.77. The van der Waals surface area contributed by atoms with E-state index in [1.165, 1.54) is 0 Å². The molecule has 1 N–H and O–H groups in total. The molecule has 2 rings (SSSR count). The Morgan fingerprint density at radius 3 is 3.00 bits per heavy atom. The first-order valence-electron chi connectivity index (χ1n) is 4.64. The molecule has 0 saturated carbocycles. The highest BCUT2D eigenvalue weighted by molar-refractivity contribution is 9.11. The molecule has 1 aliphatic rings. The molecule has 1 aliphatic heterocycles. The molecule has 4 heteroatoms. The molecule has 15 heavy (non-hydrogen) atoms. The fourth-order valence-electron chi connectivity index (χ4n) is 1.65. The van der Waals surface area contributed by atoms with Crippen LogP contribution in [-0.4, -0.2) is 19.0 Å². The third kappa shape index (κ3) is 2.21. The normalized spacial score (nSPS) is 14.5. The Hall–Kier alpha value is -1.29. The Balaban J connectivity index is 2.33. The van der Waals surface area contributed by atoms with Crippen molar-refractivity contribution < 1.29 is 4.79 Å². The molecular formula is C11H11BrN2O. The minimum atomic E-state index is 0.0162. The number of para-hydroxylation sites is 2. The average Bonchev–Trinajstić information content (AvgIpc) is 2.16. The molecular weight excluding hydrogens is 256 g/mol. The molecule has 1 heterocycles. The van der Waals surface area contributed by atoms with Crippen LogP contribution in [0, 0.1) is 0 Å². The number of nitrogens with one attached hydrogen (secondary N) is 1. The number of halogens is 1. The van der Waals surface area contributed by atoms with Crippen LogP contribution in [-0.2, 0) is 4.79 Å². The summed E-state index contributed by atoms with van der Waals surface area (Å²) in [7, 11) is 0. The fraction of sp³-hybridized carbons (Fsp3) is 0.182. The summed E-state index contributed by atoms with van der Waals surface area (Å²) in [6, 6.07) is 7.76. The summed E-state index contributed by atoms with van der Waals surface area (Å²) in [4.78, 5) is 13.4. The first-order chi connectivity index (χ1) is 7.16. The molecule has 0 spiro atoms. The lowest BCUT2D eigenvalue weighted by Gasteiger charge is -2.30. The highest BCUT2D eigenvalue weighted by atomic mass is 79.9. The van der Waals surface area contributed by atoms with E-state index in [0.717, 1.165) is 15.9 Å². The molecule has 1 amide bonds. The van der Waals surface area contributed by atoms with Crippen LogP contribution in [0.5, 0.6) is 0 Å². The van der Waals surface area contributed by atoms with Crippen molar-refractivity contribution in [2.45, 2.75) is 0 Å². The standard InChI is InChI=1S/C11H11BrN2O/c1-8(12)6-14-7-11(15)13-9-4-2-3-5-10(9)14/h2-5H,1,6-7H2,(H,13,15). The van der Waals surface area contributed by atoms with E-state index in [0.29, 0.717) is 13.1 Å². The van der Waals surface area contributed by atoms with Gasteiger partial charge in [-0.15, -0.1) is 0 Å². The maximum atomic E-state index is 11.4. The summed E-state index contributed by atoms with van der Waals surface area (Å²) in [6.07, 6.45) is 0. The van der Waals surface area contributed by atoms with Crippen molar-refractivity contribution in [1.82, 2.24) is 0 Å². The first-order valence-corrected chi connectivity index (χ1v) is 5.43. The predicted molar refractivity (Wildman–Crippen MR) is 65.4 cm³/mol. The van der Waals surface area contributed by atoms with E-state index in [4.69, 9.17) is 0 Å². The van der Waals surface area contributed by atoms with Gasteiger partial charge in [0, 0.05) is 11.0 Å². The van der Waals surface area contributed by atoms with Crippen molar-refractivity contribution >= 4 is 33.2 Å². The van der Waals surface area contributed by atoms with Gasteiger partial charge in [-0.1, -0.05) is 34.6 Å². The highest BCUT2D eigenvalue weighted by Crippen LogP contribution is 2.29. The average molecular weight is 267 g/mol. The number of fused-ring (bicyclic) bond motifs is 1. The van der Waals surface area contributed by atoms with Gasteiger partial charge < -0.3 is 10.2 Å². The summed E-state index contributed by atoms with van der Waals surface area (Å²) in [5.41, 5.74) is 1.90. The maximum Gasteiger partial charge on any atom is 0.243 e. The Labute approximate surface area is 96.9 Å². The van der Waals surface area contributed by atoms with Crippen molar-refractivity contribution in [3.63, 3.8) is 0 Å². The van der Waals surface area contributed by atoms with Gasteiger partial charge in [0.25, 0.3) is 0 Å². The first kappa shape index (κ1) is 10.2. The number of nitrogens with zero attached hydrogens (tertiary/aromatic N) is 1. The number of anilines is 2. The minimum Gasteiger partial charge on any atom is -0.356 e. The third-order valence-electron chi connectivity index (χ3n) is 2.22. The molecule has 0 radical (unpaired) electrons. The van der Waals surface area contributed by atoms with Crippen LogP contribution in [0.4, 0.5) is 11.4 Å². The van der Waals surface area contributed by atoms with Crippen LogP contribution in [0.2, 0.25) is 0 Å². The summed E-state index contributed by atoms with van der Waals surface area (Å²) in [5.74, 6) is 0.0162. The quantitative estimate of drug-likeness (QED) is 0.892. The van der Waals surface area contributed by atoms with E-state index in [1.54, 1.807) is 0 Å². The van der Waals surface area contributed by atoms with E-state index in [1.807, 2.05) is 29.2 Å². The second-order valence-corrected chi connectivity index (χ2v) is 4.56. The Bertz CT molecular complexity index is 417. The van der Waals surface area contributed by atoms with E-state index < -0.39 is 0 Å². The molecule has 0 atom stereocenters. The Morgan fingerprint density at radius 1 is 1.53 bits per heavy atom. The van der Waals surface area contributed by atoms with Gasteiger partial charge in [-0.25, -0.2) is 0 Å². The number of hydrogen-bond acceptors (Lipinski definition) is 2. The minimum absolute atomic E-state index is 0.0162. The van der Waals surface area contributed by atoms with E-state index in [9.17, 15) is 4.79 Å². The molecule has 1 aromatic carbocycles. The molecule has 0 fully saturated rings. The number of carbonyl (C=O) groups excluding carboxylic acids is 1. The van der Waals surface area contributed by atoms with E-state index in [2.05, 4.69) is 27.8 Å². The van der Waals surface area contributed by atoms with Gasteiger partial charge in [-0.05, 0) is 12.1 Å². The van der Waals surface area contributed by atoms with Crippen molar-refractivity contribution in [1.29, 1.82) is 0 Å². The lowest BCUT2D eigenvalue weighted by molar-refractivity contribution is -0.115. The third-order valence-corrected chi connectivity index (χ3v) is 2.47. The smallest absolute Gasteiger partial charge is 0.243 e. The van der Waals surface area contributed by atoms with Gasteiger partial charge in [0.2, 0.25) is 5.91 Å². The molecule has 0 aromatic heterocycles. The van der Waals surface area contributed by atoms with Gasteiger partial charge in [0.05, 0.1) is 17.9 Å². The molecule has 0 unspecified atom stereocenters. The molecule has 0 saturated heterocycles. The highest BCUT2D eigenvalue weighted by Gasteiger charge is 2.20. The molecule has 0 aliphatic carbocycles. The van der Waals surface area contributed by atoms with Crippen molar-refractivity contribution in [3.8, 4) is 0 Å². The zero-order chi connectivity index (χ0) is 10.8. The van der Waals surface area contributed by atoms with E-state index >= 15 is 0 Å². The molecule has 78 valence electrons. The van der Waals surface area contributed by atoms with Gasteiger partial charge in [-0.2, -0.15) is 0 Å². The lowest BCUT2D eigenvalue weighted by atomic mass is 10.2. The van der Waals surface area contributed by atoms with Crippen molar-refractivity contribution in [3.05, 3.63) is 35.3 Å².